The molecule has 38 heavy (non-hydrogen) atoms. The molecule has 0 spiro atoms. The summed E-state index contributed by atoms with van der Waals surface area (Å²) in [4.78, 5) is 36.4. The first-order valence-electron chi connectivity index (χ1n) is 11.3. The molecule has 0 atom stereocenters. The number of methoxy groups -OCH3 is 2. The number of carboxylic acid groups (broad SMARTS) is 1. The number of carbonyl (C=O) groups excluding carboxylic acids is 2. The summed E-state index contributed by atoms with van der Waals surface area (Å²) in [6.45, 7) is 0.0515. The van der Waals surface area contributed by atoms with Gasteiger partial charge in [0.05, 0.1) is 32.9 Å². The molecule has 3 rings (SSSR count). The Balaban J connectivity index is 0.000000474. The van der Waals surface area contributed by atoms with Crippen molar-refractivity contribution in [3.05, 3.63) is 83.7 Å². The molecule has 4 N–H and O–H groups in total. The normalized spacial score (nSPS) is 10.1. The maximum absolute atomic E-state index is 11.6. The number of rotatable bonds is 10. The summed E-state index contributed by atoms with van der Waals surface area (Å²) in [5.74, 6) is 0.491. The van der Waals surface area contributed by atoms with Crippen molar-refractivity contribution in [2.24, 2.45) is 5.73 Å². The zero-order valence-corrected chi connectivity index (χ0v) is 21.0. The second-order valence-corrected chi connectivity index (χ2v) is 7.35. The van der Waals surface area contributed by atoms with Gasteiger partial charge in [-0.15, -0.1) is 0 Å². The van der Waals surface area contributed by atoms with Crippen LogP contribution < -0.4 is 25.3 Å². The van der Waals surface area contributed by atoms with Gasteiger partial charge in [0.15, 0.2) is 0 Å². The van der Waals surface area contributed by atoms with E-state index in [2.05, 4.69) is 10.3 Å². The molecule has 0 saturated carbocycles. The molecule has 11 nitrogen and oxygen atoms in total. The Morgan fingerprint density at radius 2 is 1.61 bits per heavy atom. The molecule has 1 heterocycles. The number of pyridine rings is 1. The molecular weight excluding hydrogens is 494 g/mol. The van der Waals surface area contributed by atoms with Gasteiger partial charge in [0.25, 0.3) is 0 Å². The minimum Gasteiger partial charge on any atom is -0.497 e. The maximum Gasteiger partial charge on any atom is 0.513 e. The van der Waals surface area contributed by atoms with E-state index < -0.39 is 12.1 Å². The van der Waals surface area contributed by atoms with Crippen LogP contribution in [0, 0.1) is 0 Å². The van der Waals surface area contributed by atoms with Gasteiger partial charge in [0.2, 0.25) is 5.91 Å². The number of nitrogens with two attached hydrogens (primary N) is 1. The molecule has 0 aliphatic rings. The number of carboxylic acids is 1. The molecule has 3 aromatic rings. The molecule has 0 fully saturated rings. The lowest BCUT2D eigenvalue weighted by Crippen LogP contribution is -2.33. The molecular formula is C27H29N3O8. The van der Waals surface area contributed by atoms with Crippen molar-refractivity contribution in [3.63, 3.8) is 0 Å². The Hall–Kier alpha value is -4.90. The van der Waals surface area contributed by atoms with E-state index in [1.54, 1.807) is 50.6 Å². The van der Waals surface area contributed by atoms with Crippen molar-refractivity contribution in [1.82, 2.24) is 10.3 Å². The number of ether oxygens (including phenoxy) is 4. The predicted molar refractivity (Wildman–Crippen MR) is 140 cm³/mol. The zero-order chi connectivity index (χ0) is 27.8. The Morgan fingerprint density at radius 3 is 2.13 bits per heavy atom. The molecule has 0 bridgehead atoms. The molecule has 0 aliphatic heterocycles. The smallest absolute Gasteiger partial charge is 0.497 e. The molecule has 1 amide bonds. The molecule has 0 aliphatic carbocycles. The number of nitrogens with zero attached hydrogens (tertiary/aromatic N) is 1. The predicted octanol–water partition coefficient (Wildman–Crippen LogP) is 3.24. The summed E-state index contributed by atoms with van der Waals surface area (Å²) in [5.41, 5.74) is 7.21. The lowest BCUT2D eigenvalue weighted by Gasteiger charge is -2.07. The van der Waals surface area contributed by atoms with Crippen LogP contribution in [-0.4, -0.2) is 62.0 Å². The number of amides is 1. The summed E-state index contributed by atoms with van der Waals surface area (Å²) >= 11 is 0. The van der Waals surface area contributed by atoms with Crippen molar-refractivity contribution >= 4 is 30.2 Å². The van der Waals surface area contributed by atoms with Crippen LogP contribution in [0.15, 0.2) is 67.0 Å². The van der Waals surface area contributed by atoms with Gasteiger partial charge in [-0.2, -0.15) is 0 Å². The van der Waals surface area contributed by atoms with Crippen LogP contribution in [-0.2, 0) is 9.53 Å². The molecule has 1 aromatic heterocycles. The highest BCUT2D eigenvalue weighted by molar-refractivity contribution is 5.87. The largest absolute Gasteiger partial charge is 0.513 e. The highest BCUT2D eigenvalue weighted by Gasteiger charge is 2.06. The van der Waals surface area contributed by atoms with Crippen molar-refractivity contribution in [1.29, 1.82) is 0 Å². The van der Waals surface area contributed by atoms with E-state index in [1.807, 2.05) is 24.3 Å². The number of benzene rings is 2. The van der Waals surface area contributed by atoms with Crippen molar-refractivity contribution < 1.29 is 38.4 Å². The van der Waals surface area contributed by atoms with Gasteiger partial charge in [0, 0.05) is 18.5 Å². The van der Waals surface area contributed by atoms with Crippen molar-refractivity contribution in [2.45, 2.75) is 0 Å². The van der Waals surface area contributed by atoms with Crippen LogP contribution in [0.3, 0.4) is 0 Å². The Labute approximate surface area is 219 Å². The van der Waals surface area contributed by atoms with Gasteiger partial charge < -0.3 is 35.1 Å². The summed E-state index contributed by atoms with van der Waals surface area (Å²) in [5, 5.41) is 10.8. The van der Waals surface area contributed by atoms with Gasteiger partial charge in [0.1, 0.15) is 23.9 Å². The Bertz CT molecular complexity index is 1190. The fraction of sp³-hybridized carbons (Fsp3) is 0.185. The lowest BCUT2D eigenvalue weighted by atomic mass is 10.1. The molecule has 200 valence electrons. The third-order valence-corrected chi connectivity index (χ3v) is 4.66. The highest BCUT2D eigenvalue weighted by atomic mass is 16.7. The van der Waals surface area contributed by atoms with Gasteiger partial charge in [-0.05, 0) is 47.5 Å². The summed E-state index contributed by atoms with van der Waals surface area (Å²) in [7, 11) is 3.20. The summed E-state index contributed by atoms with van der Waals surface area (Å²) in [6.07, 6.45) is 5.83. The van der Waals surface area contributed by atoms with Crippen molar-refractivity contribution in [3.8, 4) is 17.2 Å². The number of hydrogen-bond acceptors (Lipinski definition) is 9. The number of aromatic nitrogens is 1. The minimum absolute atomic E-state index is 0.00457. The summed E-state index contributed by atoms with van der Waals surface area (Å²) < 4.78 is 20.4. The van der Waals surface area contributed by atoms with E-state index in [4.69, 9.17) is 29.8 Å². The first kappa shape index (κ1) is 29.3. The van der Waals surface area contributed by atoms with E-state index in [-0.39, 0.29) is 31.2 Å². The van der Waals surface area contributed by atoms with Crippen LogP contribution in [0.1, 0.15) is 21.5 Å². The quantitative estimate of drug-likeness (QED) is 0.156. The average molecular weight is 524 g/mol. The van der Waals surface area contributed by atoms with E-state index in [1.165, 1.54) is 18.5 Å². The van der Waals surface area contributed by atoms with E-state index in [9.17, 15) is 14.4 Å². The number of aromatic carboxylic acids is 1. The van der Waals surface area contributed by atoms with Crippen LogP contribution >= 0.6 is 0 Å². The second-order valence-electron chi connectivity index (χ2n) is 7.35. The van der Waals surface area contributed by atoms with Crippen LogP contribution in [0.4, 0.5) is 4.79 Å². The maximum atomic E-state index is 11.6. The van der Waals surface area contributed by atoms with Gasteiger partial charge in [-0.3, -0.25) is 9.78 Å². The van der Waals surface area contributed by atoms with E-state index in [0.717, 1.165) is 11.1 Å². The fourth-order valence-corrected chi connectivity index (χ4v) is 2.78. The minimum atomic E-state index is -0.942. The van der Waals surface area contributed by atoms with Gasteiger partial charge in [-0.25, -0.2) is 9.59 Å². The van der Waals surface area contributed by atoms with E-state index in [0.29, 0.717) is 17.2 Å². The molecule has 0 radical (unpaired) electrons. The Morgan fingerprint density at radius 1 is 0.947 bits per heavy atom. The topological polar surface area (TPSA) is 159 Å². The lowest BCUT2D eigenvalue weighted by molar-refractivity contribution is -0.119. The molecule has 0 unspecified atom stereocenters. The fourth-order valence-electron chi connectivity index (χ4n) is 2.78. The number of carbonyl (C=O) groups is 3. The zero-order valence-electron chi connectivity index (χ0n) is 21.0. The Kier molecular flexibility index (Phi) is 12.3. The number of nitrogens with one attached hydrogen (secondary N) is 1. The van der Waals surface area contributed by atoms with E-state index >= 15 is 0 Å². The molecule has 0 saturated heterocycles. The van der Waals surface area contributed by atoms with Crippen LogP contribution in [0.5, 0.6) is 17.2 Å². The monoisotopic (exact) mass is 523 g/mol. The second kappa shape index (κ2) is 16.0. The molecule has 11 heteroatoms. The third kappa shape index (κ3) is 10.8. The van der Waals surface area contributed by atoms with Gasteiger partial charge in [-0.1, -0.05) is 24.3 Å². The summed E-state index contributed by atoms with van der Waals surface area (Å²) in [6, 6.07) is 15.6. The first-order chi connectivity index (χ1) is 18.3. The SMILES string of the molecule is COc1cc(C=Cc2ccc(OC(=O)OCCNC(=O)CN)cc2)cc(OC)c1.O=C(O)c1cccnc1. The van der Waals surface area contributed by atoms with Crippen LogP contribution in [0.25, 0.3) is 12.2 Å². The van der Waals surface area contributed by atoms with Gasteiger partial charge >= 0.3 is 12.1 Å². The third-order valence-electron chi connectivity index (χ3n) is 4.66. The molecule has 2 aromatic carbocycles. The van der Waals surface area contributed by atoms with Crippen LogP contribution in [0.2, 0.25) is 0 Å². The first-order valence-corrected chi connectivity index (χ1v) is 11.3. The highest BCUT2D eigenvalue weighted by Crippen LogP contribution is 2.24. The average Bonchev–Trinajstić information content (AvgIpc) is 2.95. The standard InChI is InChI=1S/C21H24N2O6.C6H5NO2/c1-26-18-11-16(12-19(13-18)27-2)4-3-15-5-7-17(8-6-15)29-21(25)28-10-9-23-20(24)14-22;8-6(9)5-2-1-3-7-4-5/h3-8,11-13H,9-10,14,22H2,1-2H3,(H,23,24);1-4H,(H,8,9). The van der Waals surface area contributed by atoms with Crippen molar-refractivity contribution in [2.75, 3.05) is 33.9 Å². The number of hydrogen-bond donors (Lipinski definition) is 3.